The molecule has 0 atom stereocenters. The highest BCUT2D eigenvalue weighted by Gasteiger charge is 2.41. The van der Waals surface area contributed by atoms with E-state index in [4.69, 9.17) is 0 Å². The smallest absolute Gasteiger partial charge is 0.429 e. The average Bonchev–Trinajstić information content (AvgIpc) is 2.99. The number of halogens is 9. The molecule has 46 heavy (non-hydrogen) atoms. The summed E-state index contributed by atoms with van der Waals surface area (Å²) in [6.07, 6.45) is -0.912. The maximum absolute atomic E-state index is 15.1. The maximum Gasteiger partial charge on any atom is 0.432 e. The Hall–Kier alpha value is -4.73. The summed E-state index contributed by atoms with van der Waals surface area (Å²) in [4.78, 5) is 0. The molecule has 1 nitrogen and oxygen atoms in total. The Bertz CT molecular complexity index is 1840. The third-order valence-electron chi connectivity index (χ3n) is 7.44. The molecule has 10 heteroatoms. The Balaban J connectivity index is 1.36. The van der Waals surface area contributed by atoms with E-state index in [2.05, 4.69) is 11.7 Å². The Labute approximate surface area is 258 Å². The van der Waals surface area contributed by atoms with Crippen LogP contribution >= 0.6 is 0 Å². The van der Waals surface area contributed by atoms with Crippen LogP contribution in [0.15, 0.2) is 84.9 Å². The Morgan fingerprint density at radius 3 is 1.63 bits per heavy atom. The van der Waals surface area contributed by atoms with Crippen LogP contribution in [0.3, 0.4) is 0 Å². The van der Waals surface area contributed by atoms with Crippen molar-refractivity contribution in [3.05, 3.63) is 137 Å². The molecule has 0 unspecified atom stereocenters. The predicted molar refractivity (Wildman–Crippen MR) is 157 cm³/mol. The second-order valence-corrected chi connectivity index (χ2v) is 10.7. The standard InChI is InChI=1S/C36H25F9O/c1-2-3-4-5-20-6-12-26(28(37)14-20)22-9-13-27(29(38)15-22)24-18-30(39)34(31(40)19-24)36(44,45)46-25-10-7-21(8-11-25)23-16-32(41)35(43)33(42)17-23/h6-19H,2-5H2,1H3. The van der Waals surface area contributed by atoms with Crippen molar-refractivity contribution in [1.29, 1.82) is 0 Å². The normalized spacial score (nSPS) is 11.6. The number of unbranched alkanes of at least 4 members (excludes halogenated alkanes) is 2. The number of ether oxygens (including phenoxy) is 1. The summed E-state index contributed by atoms with van der Waals surface area (Å²) in [5.41, 5.74) is -1.30. The summed E-state index contributed by atoms with van der Waals surface area (Å²) in [5, 5.41) is 0. The summed E-state index contributed by atoms with van der Waals surface area (Å²) in [6, 6.07) is 14.8. The van der Waals surface area contributed by atoms with Crippen molar-refractivity contribution in [1.82, 2.24) is 0 Å². The van der Waals surface area contributed by atoms with Crippen molar-refractivity contribution >= 4 is 0 Å². The van der Waals surface area contributed by atoms with Crippen molar-refractivity contribution in [3.8, 4) is 39.1 Å². The van der Waals surface area contributed by atoms with Gasteiger partial charge in [-0.3, -0.25) is 0 Å². The van der Waals surface area contributed by atoms with Crippen molar-refractivity contribution in [2.24, 2.45) is 0 Å². The SMILES string of the molecule is CCCCCc1ccc(-c2ccc(-c3cc(F)c(C(F)(F)Oc4ccc(-c5cc(F)c(F)c(F)c5)cc4)c(F)c3)c(F)c2)c(F)c1. The highest BCUT2D eigenvalue weighted by atomic mass is 19.3. The molecule has 0 saturated carbocycles. The predicted octanol–water partition coefficient (Wildman–Crippen LogP) is 11.5. The number of aryl methyl sites for hydroxylation is 1. The van der Waals surface area contributed by atoms with Gasteiger partial charge in [0, 0.05) is 11.1 Å². The third-order valence-corrected chi connectivity index (χ3v) is 7.44. The van der Waals surface area contributed by atoms with Gasteiger partial charge in [-0.25, -0.2) is 30.7 Å². The van der Waals surface area contributed by atoms with E-state index in [-0.39, 0.29) is 33.4 Å². The second-order valence-electron chi connectivity index (χ2n) is 10.7. The van der Waals surface area contributed by atoms with E-state index in [9.17, 15) is 35.1 Å². The molecule has 0 fully saturated rings. The molecule has 0 aliphatic carbocycles. The molecule has 0 aliphatic heterocycles. The van der Waals surface area contributed by atoms with Crippen LogP contribution in [0.4, 0.5) is 39.5 Å². The summed E-state index contributed by atoms with van der Waals surface area (Å²) < 4.78 is 135. The van der Waals surface area contributed by atoms with E-state index in [0.29, 0.717) is 30.7 Å². The van der Waals surface area contributed by atoms with Crippen LogP contribution in [0.1, 0.15) is 37.3 Å². The molecule has 0 amide bonds. The fraction of sp³-hybridized carbons (Fsp3) is 0.167. The van der Waals surface area contributed by atoms with Gasteiger partial charge in [-0.2, -0.15) is 8.78 Å². The molecule has 5 aromatic rings. The topological polar surface area (TPSA) is 9.23 Å². The molecule has 0 radical (unpaired) electrons. The minimum absolute atomic E-state index is 0.0940. The first-order chi connectivity index (χ1) is 21.9. The fourth-order valence-corrected chi connectivity index (χ4v) is 5.09. The van der Waals surface area contributed by atoms with Gasteiger partial charge in [0.05, 0.1) is 0 Å². The molecule has 0 spiro atoms. The van der Waals surface area contributed by atoms with Gasteiger partial charge in [-0.05, 0) is 89.2 Å². The number of benzene rings is 5. The number of hydrogen-bond acceptors (Lipinski definition) is 1. The molecule has 5 rings (SSSR count). The lowest BCUT2D eigenvalue weighted by Crippen LogP contribution is -2.25. The van der Waals surface area contributed by atoms with Crippen LogP contribution in [0.2, 0.25) is 0 Å². The van der Waals surface area contributed by atoms with E-state index in [1.165, 1.54) is 24.3 Å². The minimum Gasteiger partial charge on any atom is -0.429 e. The summed E-state index contributed by atoms with van der Waals surface area (Å²) in [6.45, 7) is 2.06. The van der Waals surface area contributed by atoms with E-state index in [1.807, 2.05) is 0 Å². The summed E-state index contributed by atoms with van der Waals surface area (Å²) in [5.74, 6) is -10.1. The van der Waals surface area contributed by atoms with Gasteiger partial charge >= 0.3 is 6.11 Å². The lowest BCUT2D eigenvalue weighted by atomic mass is 9.96. The van der Waals surface area contributed by atoms with Gasteiger partial charge < -0.3 is 4.74 Å². The Morgan fingerprint density at radius 2 is 1.04 bits per heavy atom. The van der Waals surface area contributed by atoms with E-state index >= 15 is 4.39 Å². The average molecular weight is 645 g/mol. The molecule has 0 heterocycles. The maximum atomic E-state index is 15.1. The third kappa shape index (κ3) is 6.90. The highest BCUT2D eigenvalue weighted by molar-refractivity contribution is 5.72. The number of alkyl halides is 2. The Morgan fingerprint density at radius 1 is 0.522 bits per heavy atom. The zero-order valence-electron chi connectivity index (χ0n) is 24.2. The molecular weight excluding hydrogens is 619 g/mol. The van der Waals surface area contributed by atoms with Crippen molar-refractivity contribution < 1.29 is 44.3 Å². The van der Waals surface area contributed by atoms with Gasteiger partial charge in [-0.15, -0.1) is 0 Å². The van der Waals surface area contributed by atoms with E-state index < -0.39 is 58.1 Å². The zero-order valence-corrected chi connectivity index (χ0v) is 24.2. The van der Waals surface area contributed by atoms with Gasteiger partial charge in [0.15, 0.2) is 17.5 Å². The second kappa shape index (κ2) is 13.3. The molecule has 0 aliphatic rings. The molecule has 0 saturated heterocycles. The molecule has 0 bridgehead atoms. The molecule has 0 N–H and O–H groups in total. The molecule has 0 aromatic heterocycles. The van der Waals surface area contributed by atoms with E-state index in [1.54, 1.807) is 6.07 Å². The summed E-state index contributed by atoms with van der Waals surface area (Å²) >= 11 is 0. The molecule has 238 valence electrons. The quantitative estimate of drug-likeness (QED) is 0.0835. The van der Waals surface area contributed by atoms with Crippen molar-refractivity contribution in [3.63, 3.8) is 0 Å². The van der Waals surface area contributed by atoms with Crippen LogP contribution in [-0.2, 0) is 12.5 Å². The van der Waals surface area contributed by atoms with E-state index in [0.717, 1.165) is 55.2 Å². The number of rotatable bonds is 10. The van der Waals surface area contributed by atoms with Crippen LogP contribution in [0.5, 0.6) is 5.75 Å². The highest BCUT2D eigenvalue weighted by Crippen LogP contribution is 2.38. The lowest BCUT2D eigenvalue weighted by molar-refractivity contribution is -0.189. The first kappa shape index (κ1) is 32.7. The van der Waals surface area contributed by atoms with Crippen molar-refractivity contribution in [2.45, 2.75) is 38.7 Å². The van der Waals surface area contributed by atoms with Gasteiger partial charge in [0.2, 0.25) is 0 Å². The number of hydrogen-bond donors (Lipinski definition) is 0. The first-order valence-electron chi connectivity index (χ1n) is 14.3. The molecular formula is C36H25F9O. The van der Waals surface area contributed by atoms with Gasteiger partial charge in [0.1, 0.15) is 34.6 Å². The monoisotopic (exact) mass is 644 g/mol. The fourth-order valence-electron chi connectivity index (χ4n) is 5.09. The Kier molecular flexibility index (Phi) is 9.46. The van der Waals surface area contributed by atoms with Crippen LogP contribution in [0, 0.1) is 40.7 Å². The van der Waals surface area contributed by atoms with Gasteiger partial charge in [-0.1, -0.05) is 56.2 Å². The van der Waals surface area contributed by atoms with Crippen LogP contribution in [0.25, 0.3) is 33.4 Å². The molecule has 5 aromatic carbocycles. The minimum atomic E-state index is -4.54. The lowest BCUT2D eigenvalue weighted by Gasteiger charge is -2.20. The van der Waals surface area contributed by atoms with Crippen LogP contribution in [-0.4, -0.2) is 0 Å². The summed E-state index contributed by atoms with van der Waals surface area (Å²) in [7, 11) is 0. The van der Waals surface area contributed by atoms with Crippen molar-refractivity contribution in [2.75, 3.05) is 0 Å². The first-order valence-corrected chi connectivity index (χ1v) is 14.3. The zero-order chi connectivity index (χ0) is 33.2. The van der Waals surface area contributed by atoms with Crippen LogP contribution < -0.4 is 4.74 Å². The largest absolute Gasteiger partial charge is 0.432 e. The van der Waals surface area contributed by atoms with Gasteiger partial charge in [0.25, 0.3) is 0 Å².